The van der Waals surface area contributed by atoms with Gasteiger partial charge in [-0.05, 0) is 19.2 Å². The van der Waals surface area contributed by atoms with Gasteiger partial charge in [-0.3, -0.25) is 0 Å². The first-order valence-electron chi connectivity index (χ1n) is 3.92. The fourth-order valence-electron chi connectivity index (χ4n) is 1.17. The number of benzene rings is 1. The number of hydrogen-bond acceptors (Lipinski definition) is 2. The van der Waals surface area contributed by atoms with Crippen molar-refractivity contribution < 1.29 is 9.50 Å². The molecule has 0 bridgehead atoms. The van der Waals surface area contributed by atoms with Crippen LogP contribution in [0.4, 0.5) is 4.39 Å². The maximum atomic E-state index is 13.3. The van der Waals surface area contributed by atoms with E-state index in [0.29, 0.717) is 10.0 Å². The number of halogens is 2. The van der Waals surface area contributed by atoms with Crippen LogP contribution in [0.25, 0.3) is 0 Å². The molecule has 0 aliphatic carbocycles. The molecule has 0 spiro atoms. The molecule has 0 aromatic heterocycles. The van der Waals surface area contributed by atoms with E-state index in [4.69, 9.17) is 5.11 Å². The van der Waals surface area contributed by atoms with Crippen molar-refractivity contribution in [3.63, 3.8) is 0 Å². The summed E-state index contributed by atoms with van der Waals surface area (Å²) in [7, 11) is 1.68. The zero-order valence-corrected chi connectivity index (χ0v) is 8.81. The first-order chi connectivity index (χ1) is 6.20. The SMILES string of the molecule is CN[C@@H](CO)c1c(F)cccc1Br. The van der Waals surface area contributed by atoms with Gasteiger partial charge in [0.15, 0.2) is 0 Å². The molecule has 0 amide bonds. The second kappa shape index (κ2) is 4.69. The van der Waals surface area contributed by atoms with Crippen LogP contribution in [0.15, 0.2) is 22.7 Å². The summed E-state index contributed by atoms with van der Waals surface area (Å²) in [5.41, 5.74) is 0.465. The fourth-order valence-corrected chi connectivity index (χ4v) is 1.79. The van der Waals surface area contributed by atoms with Crippen molar-refractivity contribution in [1.29, 1.82) is 0 Å². The van der Waals surface area contributed by atoms with E-state index in [1.807, 2.05) is 0 Å². The number of likely N-dealkylation sites (N-methyl/N-ethyl adjacent to an activating group) is 1. The lowest BCUT2D eigenvalue weighted by molar-refractivity contribution is 0.247. The van der Waals surface area contributed by atoms with E-state index >= 15 is 0 Å². The summed E-state index contributed by atoms with van der Waals surface area (Å²) in [6, 6.07) is 4.38. The Balaban J connectivity index is 3.10. The van der Waals surface area contributed by atoms with Crippen molar-refractivity contribution in [2.24, 2.45) is 0 Å². The van der Waals surface area contributed by atoms with Crippen molar-refractivity contribution in [3.05, 3.63) is 34.1 Å². The maximum absolute atomic E-state index is 13.3. The van der Waals surface area contributed by atoms with Gasteiger partial charge >= 0.3 is 0 Å². The Morgan fingerprint density at radius 3 is 2.77 bits per heavy atom. The first kappa shape index (κ1) is 10.6. The monoisotopic (exact) mass is 247 g/mol. The molecular formula is C9H11BrFNO. The lowest BCUT2D eigenvalue weighted by Gasteiger charge is -2.15. The van der Waals surface area contributed by atoms with Gasteiger partial charge in [0.2, 0.25) is 0 Å². The molecule has 72 valence electrons. The molecule has 2 N–H and O–H groups in total. The number of rotatable bonds is 3. The van der Waals surface area contributed by atoms with Gasteiger partial charge in [0.1, 0.15) is 5.82 Å². The van der Waals surface area contributed by atoms with E-state index in [9.17, 15) is 4.39 Å². The van der Waals surface area contributed by atoms with E-state index < -0.39 is 0 Å². The zero-order chi connectivity index (χ0) is 9.84. The van der Waals surface area contributed by atoms with E-state index in [0.717, 1.165) is 0 Å². The van der Waals surface area contributed by atoms with Crippen LogP contribution in [0.2, 0.25) is 0 Å². The summed E-state index contributed by atoms with van der Waals surface area (Å²) in [5, 5.41) is 11.8. The van der Waals surface area contributed by atoms with Crippen LogP contribution in [0.1, 0.15) is 11.6 Å². The van der Waals surface area contributed by atoms with Gasteiger partial charge in [0.05, 0.1) is 12.6 Å². The summed E-state index contributed by atoms with van der Waals surface area (Å²) in [5.74, 6) is -0.317. The van der Waals surface area contributed by atoms with Crippen LogP contribution in [-0.4, -0.2) is 18.8 Å². The third kappa shape index (κ3) is 2.27. The molecule has 0 radical (unpaired) electrons. The number of aliphatic hydroxyl groups is 1. The predicted octanol–water partition coefficient (Wildman–Crippen LogP) is 1.84. The van der Waals surface area contributed by atoms with Crippen molar-refractivity contribution in [3.8, 4) is 0 Å². The predicted molar refractivity (Wildman–Crippen MR) is 53.0 cm³/mol. The van der Waals surface area contributed by atoms with Crippen molar-refractivity contribution in [2.75, 3.05) is 13.7 Å². The maximum Gasteiger partial charge on any atom is 0.129 e. The molecule has 4 heteroatoms. The third-order valence-electron chi connectivity index (χ3n) is 1.88. The highest BCUT2D eigenvalue weighted by Crippen LogP contribution is 2.25. The molecule has 0 aliphatic heterocycles. The smallest absolute Gasteiger partial charge is 0.129 e. The van der Waals surface area contributed by atoms with E-state index in [2.05, 4.69) is 21.2 Å². The number of aliphatic hydroxyl groups excluding tert-OH is 1. The van der Waals surface area contributed by atoms with E-state index in [1.54, 1.807) is 19.2 Å². The summed E-state index contributed by atoms with van der Waals surface area (Å²) < 4.78 is 14.0. The molecule has 1 rings (SSSR count). The van der Waals surface area contributed by atoms with Gasteiger partial charge in [-0.15, -0.1) is 0 Å². The van der Waals surface area contributed by atoms with E-state index in [-0.39, 0.29) is 18.5 Å². The van der Waals surface area contributed by atoms with E-state index in [1.165, 1.54) is 6.07 Å². The molecule has 1 atom stereocenters. The molecular weight excluding hydrogens is 237 g/mol. The zero-order valence-electron chi connectivity index (χ0n) is 7.22. The second-order valence-corrected chi connectivity index (χ2v) is 3.51. The lowest BCUT2D eigenvalue weighted by atomic mass is 10.1. The molecule has 0 saturated carbocycles. The molecule has 1 aromatic carbocycles. The summed E-state index contributed by atoms with van der Waals surface area (Å²) in [6.07, 6.45) is 0. The first-order valence-corrected chi connectivity index (χ1v) is 4.72. The van der Waals surface area contributed by atoms with Gasteiger partial charge in [0.25, 0.3) is 0 Å². The van der Waals surface area contributed by atoms with Crippen LogP contribution >= 0.6 is 15.9 Å². The van der Waals surface area contributed by atoms with Crippen molar-refractivity contribution in [1.82, 2.24) is 5.32 Å². The standard InChI is InChI=1S/C9H11BrFNO/c1-12-8(5-13)9-6(10)3-2-4-7(9)11/h2-4,8,12-13H,5H2,1H3/t8-/m0/s1. The van der Waals surface area contributed by atoms with Gasteiger partial charge in [-0.25, -0.2) is 4.39 Å². The number of nitrogens with one attached hydrogen (secondary N) is 1. The highest BCUT2D eigenvalue weighted by atomic mass is 79.9. The Hall–Kier alpha value is -0.450. The Bertz CT molecular complexity index is 269. The fraction of sp³-hybridized carbons (Fsp3) is 0.333. The minimum absolute atomic E-state index is 0.129. The minimum Gasteiger partial charge on any atom is -0.394 e. The molecule has 0 aliphatic rings. The highest BCUT2D eigenvalue weighted by Gasteiger charge is 2.15. The Morgan fingerprint density at radius 2 is 2.31 bits per heavy atom. The number of hydrogen-bond donors (Lipinski definition) is 2. The van der Waals surface area contributed by atoms with Crippen LogP contribution in [0, 0.1) is 5.82 Å². The van der Waals surface area contributed by atoms with Gasteiger partial charge in [0, 0.05) is 10.0 Å². The van der Waals surface area contributed by atoms with Gasteiger partial charge in [-0.1, -0.05) is 22.0 Å². The summed E-state index contributed by atoms with van der Waals surface area (Å²) >= 11 is 3.24. The molecule has 1 aromatic rings. The Kier molecular flexibility index (Phi) is 3.84. The average molecular weight is 248 g/mol. The molecule has 2 nitrogen and oxygen atoms in total. The molecule has 0 saturated heterocycles. The molecule has 13 heavy (non-hydrogen) atoms. The van der Waals surface area contributed by atoms with Crippen LogP contribution < -0.4 is 5.32 Å². The minimum atomic E-state index is -0.365. The van der Waals surface area contributed by atoms with Crippen molar-refractivity contribution >= 4 is 15.9 Å². The molecule has 0 fully saturated rings. The topological polar surface area (TPSA) is 32.3 Å². The largest absolute Gasteiger partial charge is 0.394 e. The summed E-state index contributed by atoms with van der Waals surface area (Å²) in [4.78, 5) is 0. The Labute approximate surface area is 84.9 Å². The highest BCUT2D eigenvalue weighted by molar-refractivity contribution is 9.10. The van der Waals surface area contributed by atoms with Crippen LogP contribution in [0.3, 0.4) is 0 Å². The molecule has 0 heterocycles. The lowest BCUT2D eigenvalue weighted by Crippen LogP contribution is -2.21. The van der Waals surface area contributed by atoms with Crippen LogP contribution in [0.5, 0.6) is 0 Å². The quantitative estimate of drug-likeness (QED) is 0.855. The van der Waals surface area contributed by atoms with Crippen LogP contribution in [-0.2, 0) is 0 Å². The van der Waals surface area contributed by atoms with Gasteiger partial charge in [-0.2, -0.15) is 0 Å². The van der Waals surface area contributed by atoms with Gasteiger partial charge < -0.3 is 10.4 Å². The van der Waals surface area contributed by atoms with Crippen molar-refractivity contribution in [2.45, 2.75) is 6.04 Å². The molecule has 0 unspecified atom stereocenters. The Morgan fingerprint density at radius 1 is 1.62 bits per heavy atom. The third-order valence-corrected chi connectivity index (χ3v) is 2.57. The summed E-state index contributed by atoms with van der Waals surface area (Å²) in [6.45, 7) is -0.129. The second-order valence-electron chi connectivity index (χ2n) is 2.66. The normalized spacial score (nSPS) is 12.9. The average Bonchev–Trinajstić information content (AvgIpc) is 2.11.